The molecule has 0 aromatic heterocycles. The molecule has 0 aliphatic heterocycles. The number of esters is 4. The maximum absolute atomic E-state index is 13.0. The molecule has 0 rings (SSSR count). The van der Waals surface area contributed by atoms with E-state index in [9.17, 15) is 43.2 Å². The summed E-state index contributed by atoms with van der Waals surface area (Å²) in [5.41, 5.74) is 0. The van der Waals surface area contributed by atoms with Crippen molar-refractivity contribution in [2.75, 3.05) is 39.6 Å². The molecule has 0 saturated heterocycles. The molecule has 0 saturated carbocycles. The largest absolute Gasteiger partial charge is 0.472 e. The van der Waals surface area contributed by atoms with Crippen LogP contribution in [0.15, 0.2) is 0 Å². The summed E-state index contributed by atoms with van der Waals surface area (Å²) < 4.78 is 67.8. The molecule has 17 nitrogen and oxygen atoms in total. The number of hydrogen-bond acceptors (Lipinski definition) is 15. The van der Waals surface area contributed by atoms with Crippen LogP contribution < -0.4 is 0 Å². The third kappa shape index (κ3) is 58.8. The van der Waals surface area contributed by atoms with Crippen molar-refractivity contribution in [3.63, 3.8) is 0 Å². The van der Waals surface area contributed by atoms with E-state index in [4.69, 9.17) is 37.0 Å². The second kappa shape index (κ2) is 57.8. The highest BCUT2D eigenvalue weighted by atomic mass is 31.2. The number of carbonyl (C=O) groups is 4. The van der Waals surface area contributed by atoms with E-state index >= 15 is 0 Å². The zero-order chi connectivity index (χ0) is 61.3. The SMILES string of the molecule is CCCCCCCCCCCCCCCCCCCCCC(=O)O[C@H](COC(=O)CCCCCCCCCC(C)C)COP(=O)(O)OC[C@@H](O)COP(=O)(O)OC[C@@H](COC(=O)CCCCCCCCC)OC(=O)CCCCCCCCC. The van der Waals surface area contributed by atoms with E-state index in [1.807, 2.05) is 0 Å². The maximum Gasteiger partial charge on any atom is 0.472 e. The molecule has 5 atom stereocenters. The predicted molar refractivity (Wildman–Crippen MR) is 331 cm³/mol. The fraction of sp³-hybridized carbons (Fsp3) is 0.938. The van der Waals surface area contributed by atoms with Gasteiger partial charge in [-0.3, -0.25) is 37.3 Å². The summed E-state index contributed by atoms with van der Waals surface area (Å²) in [6.45, 7) is 7.05. The first-order chi connectivity index (χ1) is 40.0. The topological polar surface area (TPSA) is 237 Å². The molecule has 0 spiro atoms. The fourth-order valence-electron chi connectivity index (χ4n) is 9.58. The Bertz CT molecular complexity index is 1620. The van der Waals surface area contributed by atoms with Gasteiger partial charge in [0, 0.05) is 25.7 Å². The van der Waals surface area contributed by atoms with Gasteiger partial charge in [0.25, 0.3) is 0 Å². The highest BCUT2D eigenvalue weighted by Gasteiger charge is 2.30. The van der Waals surface area contributed by atoms with E-state index in [0.29, 0.717) is 31.6 Å². The van der Waals surface area contributed by atoms with Crippen molar-refractivity contribution in [3.05, 3.63) is 0 Å². The summed E-state index contributed by atoms with van der Waals surface area (Å²) in [5.74, 6) is -1.44. The van der Waals surface area contributed by atoms with Crippen molar-refractivity contribution in [2.24, 2.45) is 5.92 Å². The quantitative estimate of drug-likeness (QED) is 0.0222. The van der Waals surface area contributed by atoms with Gasteiger partial charge in [0.05, 0.1) is 26.4 Å². The molecule has 492 valence electrons. The highest BCUT2D eigenvalue weighted by Crippen LogP contribution is 2.45. The summed E-state index contributed by atoms with van der Waals surface area (Å²) in [7, 11) is -9.87. The van der Waals surface area contributed by atoms with E-state index in [-0.39, 0.29) is 25.7 Å². The summed E-state index contributed by atoms with van der Waals surface area (Å²) in [6, 6.07) is 0. The third-order valence-electron chi connectivity index (χ3n) is 14.8. The van der Waals surface area contributed by atoms with Crippen LogP contribution in [-0.2, 0) is 65.4 Å². The first-order valence-corrected chi connectivity index (χ1v) is 36.6. The summed E-state index contributed by atoms with van der Waals surface area (Å²) in [4.78, 5) is 71.9. The number of hydrogen-bond donors (Lipinski definition) is 3. The van der Waals surface area contributed by atoms with Crippen LogP contribution in [0.25, 0.3) is 0 Å². The van der Waals surface area contributed by atoms with Crippen molar-refractivity contribution in [3.8, 4) is 0 Å². The number of carbonyl (C=O) groups excluding carboxylic acids is 4. The van der Waals surface area contributed by atoms with Gasteiger partial charge >= 0.3 is 39.5 Å². The Balaban J connectivity index is 5.11. The molecular weight excluding hydrogens is 1100 g/mol. The Morgan fingerprint density at radius 3 is 0.819 bits per heavy atom. The number of phosphoric ester groups is 2. The third-order valence-corrected chi connectivity index (χ3v) is 16.7. The molecule has 2 unspecified atom stereocenters. The van der Waals surface area contributed by atoms with Gasteiger partial charge in [-0.1, -0.05) is 272 Å². The Labute approximate surface area is 505 Å². The number of unbranched alkanes of at least 4 members (excludes halogenated alkanes) is 36. The zero-order valence-electron chi connectivity index (χ0n) is 53.3. The average Bonchev–Trinajstić information content (AvgIpc) is 3.49. The summed E-state index contributed by atoms with van der Waals surface area (Å²) >= 11 is 0. The number of ether oxygens (including phenoxy) is 4. The lowest BCUT2D eigenvalue weighted by Gasteiger charge is -2.21. The van der Waals surface area contributed by atoms with Gasteiger partial charge in [-0.2, -0.15) is 0 Å². The van der Waals surface area contributed by atoms with Gasteiger partial charge in [0.1, 0.15) is 19.3 Å². The van der Waals surface area contributed by atoms with Crippen molar-refractivity contribution in [1.82, 2.24) is 0 Å². The normalized spacial score (nSPS) is 14.2. The van der Waals surface area contributed by atoms with Crippen LogP contribution in [-0.4, -0.2) is 96.7 Å². The Kier molecular flexibility index (Phi) is 56.4. The van der Waals surface area contributed by atoms with Gasteiger partial charge in [-0.15, -0.1) is 0 Å². The van der Waals surface area contributed by atoms with Crippen LogP contribution >= 0.6 is 15.6 Å². The maximum atomic E-state index is 13.0. The number of rotatable bonds is 64. The van der Waals surface area contributed by atoms with Gasteiger partial charge in [0.2, 0.25) is 0 Å². The Hall–Kier alpha value is -1.94. The minimum atomic E-state index is -4.94. The van der Waals surface area contributed by atoms with Crippen molar-refractivity contribution in [1.29, 1.82) is 0 Å². The average molecular weight is 1230 g/mol. The Morgan fingerprint density at radius 2 is 0.554 bits per heavy atom. The minimum absolute atomic E-state index is 0.103. The van der Waals surface area contributed by atoms with E-state index in [1.165, 1.54) is 116 Å². The lowest BCUT2D eigenvalue weighted by atomic mass is 10.0. The molecule has 0 heterocycles. The second-order valence-electron chi connectivity index (χ2n) is 23.6. The number of phosphoric acid groups is 2. The van der Waals surface area contributed by atoms with Crippen molar-refractivity contribution in [2.45, 2.75) is 342 Å². The minimum Gasteiger partial charge on any atom is -0.462 e. The lowest BCUT2D eigenvalue weighted by molar-refractivity contribution is -0.161. The molecule has 0 amide bonds. The molecular formula is C64H124O17P2. The van der Waals surface area contributed by atoms with Gasteiger partial charge in [-0.25, -0.2) is 9.13 Å². The first kappa shape index (κ1) is 81.1. The van der Waals surface area contributed by atoms with E-state index < -0.39 is 97.5 Å². The van der Waals surface area contributed by atoms with E-state index in [0.717, 1.165) is 122 Å². The number of aliphatic hydroxyl groups excluding tert-OH is 1. The van der Waals surface area contributed by atoms with E-state index in [2.05, 4.69) is 34.6 Å². The van der Waals surface area contributed by atoms with Gasteiger partial charge in [0.15, 0.2) is 12.2 Å². The van der Waals surface area contributed by atoms with Crippen LogP contribution in [0.2, 0.25) is 0 Å². The zero-order valence-corrected chi connectivity index (χ0v) is 55.1. The molecule has 0 aromatic rings. The van der Waals surface area contributed by atoms with Crippen LogP contribution in [0.5, 0.6) is 0 Å². The number of aliphatic hydroxyl groups is 1. The molecule has 0 bridgehead atoms. The van der Waals surface area contributed by atoms with Gasteiger partial charge < -0.3 is 33.8 Å². The van der Waals surface area contributed by atoms with Gasteiger partial charge in [-0.05, 0) is 31.6 Å². The van der Waals surface area contributed by atoms with Crippen LogP contribution in [0.1, 0.15) is 324 Å². The summed E-state index contributed by atoms with van der Waals surface area (Å²) in [5, 5.41) is 10.5. The smallest absolute Gasteiger partial charge is 0.462 e. The molecule has 0 fully saturated rings. The highest BCUT2D eigenvalue weighted by molar-refractivity contribution is 7.47. The summed E-state index contributed by atoms with van der Waals surface area (Å²) in [6.07, 6.45) is 42.2. The fourth-order valence-corrected chi connectivity index (χ4v) is 11.2. The van der Waals surface area contributed by atoms with Crippen molar-refractivity contribution < 1.29 is 80.2 Å². The molecule has 0 radical (unpaired) electrons. The van der Waals surface area contributed by atoms with Crippen LogP contribution in [0.3, 0.4) is 0 Å². The first-order valence-electron chi connectivity index (χ1n) is 33.6. The Morgan fingerprint density at radius 1 is 0.325 bits per heavy atom. The standard InChI is InChI=1S/C64H124O17P2/c1-6-9-12-15-18-19-20-21-22-23-24-25-26-27-28-29-34-40-45-50-64(69)81-60(54-75-62(67)48-43-38-35-30-33-36-41-46-57(4)5)56-79-83(72,73)77-52-58(65)51-76-82(70,71)78-55-59(80-63(68)49-44-39-32-17-14-11-8-3)53-74-61(66)47-42-37-31-16-13-10-7-2/h57-60,65H,6-56H2,1-5H3,(H,70,71)(H,72,73)/t58-,59+,60+/m0/s1. The molecule has 3 N–H and O–H groups in total. The van der Waals surface area contributed by atoms with Crippen LogP contribution in [0.4, 0.5) is 0 Å². The molecule has 19 heteroatoms. The lowest BCUT2D eigenvalue weighted by Crippen LogP contribution is -2.30. The van der Waals surface area contributed by atoms with Crippen molar-refractivity contribution >= 4 is 39.5 Å². The monoisotopic (exact) mass is 1230 g/mol. The van der Waals surface area contributed by atoms with E-state index in [1.54, 1.807) is 0 Å². The molecule has 0 aliphatic carbocycles. The second-order valence-corrected chi connectivity index (χ2v) is 26.5. The molecule has 0 aliphatic rings. The molecule has 83 heavy (non-hydrogen) atoms. The molecule has 0 aromatic carbocycles. The predicted octanol–water partition coefficient (Wildman–Crippen LogP) is 17.8. The van der Waals surface area contributed by atoms with Crippen LogP contribution in [0, 0.1) is 5.92 Å².